The minimum absolute atomic E-state index is 0.408. The average Bonchev–Trinajstić information content (AvgIpc) is 2.95. The Morgan fingerprint density at radius 1 is 1.30 bits per heavy atom. The van der Waals surface area contributed by atoms with Crippen molar-refractivity contribution in [1.82, 2.24) is 10.2 Å². The molecule has 0 spiro atoms. The number of hydrogen-bond donors (Lipinski definition) is 2. The fraction of sp³-hybridized carbons (Fsp3) is 0.400. The second-order valence-electron chi connectivity index (χ2n) is 5.43. The molecule has 1 fully saturated rings. The second kappa shape index (κ2) is 5.07. The summed E-state index contributed by atoms with van der Waals surface area (Å²) in [7, 11) is 0. The van der Waals surface area contributed by atoms with Crippen molar-refractivity contribution in [3.63, 3.8) is 0 Å². The van der Waals surface area contributed by atoms with Gasteiger partial charge in [0.05, 0.1) is 11.6 Å². The highest BCUT2D eigenvalue weighted by Crippen LogP contribution is 2.38. The predicted molar refractivity (Wildman–Crippen MR) is 76.6 cm³/mol. The van der Waals surface area contributed by atoms with Gasteiger partial charge < -0.3 is 10.4 Å². The average molecular weight is 271 g/mol. The summed E-state index contributed by atoms with van der Waals surface area (Å²) in [5.41, 5.74) is -0.654. The Labute approximate surface area is 117 Å². The molecule has 104 valence electrons. The van der Waals surface area contributed by atoms with Gasteiger partial charge in [-0.25, -0.2) is 0 Å². The maximum atomic E-state index is 11.5. The first kappa shape index (κ1) is 12.8. The van der Waals surface area contributed by atoms with Gasteiger partial charge in [-0.3, -0.25) is 4.79 Å². The smallest absolute Gasteiger partial charge is 0.311 e. The lowest BCUT2D eigenvalue weighted by molar-refractivity contribution is -0.147. The molecule has 0 amide bonds. The number of nitrogens with one attached hydrogen (secondary N) is 1. The van der Waals surface area contributed by atoms with Crippen LogP contribution in [0.2, 0.25) is 0 Å². The number of carbonyl (C=O) groups is 1. The van der Waals surface area contributed by atoms with E-state index >= 15 is 0 Å². The minimum atomic E-state index is -0.712. The van der Waals surface area contributed by atoms with Crippen LogP contribution < -0.4 is 5.32 Å². The van der Waals surface area contributed by atoms with E-state index in [2.05, 4.69) is 15.5 Å². The van der Waals surface area contributed by atoms with Crippen LogP contribution in [0.15, 0.2) is 30.5 Å². The van der Waals surface area contributed by atoms with Crippen molar-refractivity contribution < 1.29 is 9.90 Å². The third-order valence-corrected chi connectivity index (χ3v) is 4.18. The van der Waals surface area contributed by atoms with Crippen LogP contribution in [-0.2, 0) is 4.79 Å². The highest BCUT2D eigenvalue weighted by atomic mass is 16.4. The van der Waals surface area contributed by atoms with Crippen LogP contribution in [0.5, 0.6) is 0 Å². The minimum Gasteiger partial charge on any atom is -0.481 e. The van der Waals surface area contributed by atoms with Crippen LogP contribution in [0.25, 0.3) is 10.8 Å². The normalized spacial score (nSPS) is 17.2. The summed E-state index contributed by atoms with van der Waals surface area (Å²) in [6, 6.07) is 7.83. The summed E-state index contributed by atoms with van der Waals surface area (Å²) in [4.78, 5) is 11.5. The van der Waals surface area contributed by atoms with Gasteiger partial charge in [-0.1, -0.05) is 37.1 Å². The fourth-order valence-electron chi connectivity index (χ4n) is 2.93. The number of nitrogens with zero attached hydrogens (tertiary/aromatic N) is 2. The number of hydrogen-bond acceptors (Lipinski definition) is 4. The Hall–Kier alpha value is -2.17. The predicted octanol–water partition coefficient (Wildman–Crippen LogP) is 2.69. The molecule has 0 saturated heterocycles. The third-order valence-electron chi connectivity index (χ3n) is 4.18. The van der Waals surface area contributed by atoms with Crippen molar-refractivity contribution in [2.24, 2.45) is 5.41 Å². The zero-order valence-electron chi connectivity index (χ0n) is 11.2. The van der Waals surface area contributed by atoms with E-state index in [-0.39, 0.29) is 0 Å². The van der Waals surface area contributed by atoms with Crippen molar-refractivity contribution in [1.29, 1.82) is 0 Å². The van der Waals surface area contributed by atoms with Crippen molar-refractivity contribution in [3.8, 4) is 0 Å². The Morgan fingerprint density at radius 2 is 2.05 bits per heavy atom. The summed E-state index contributed by atoms with van der Waals surface area (Å²) in [5.74, 6) is -0.0497. The number of rotatable bonds is 4. The molecule has 1 aromatic heterocycles. The zero-order valence-corrected chi connectivity index (χ0v) is 11.2. The molecule has 5 nitrogen and oxygen atoms in total. The highest BCUT2D eigenvalue weighted by Gasteiger charge is 2.41. The fourth-order valence-corrected chi connectivity index (χ4v) is 2.93. The first-order valence-corrected chi connectivity index (χ1v) is 6.89. The molecule has 1 saturated carbocycles. The standard InChI is InChI=1S/C15H17N3O2/c19-14(20)15(7-3-4-8-15)10-16-13-12-6-2-1-5-11(12)9-17-18-13/h1-2,5-6,9H,3-4,7-8,10H2,(H,16,18)(H,19,20). The van der Waals surface area contributed by atoms with Gasteiger partial charge >= 0.3 is 5.97 Å². The molecule has 5 heteroatoms. The van der Waals surface area contributed by atoms with Crippen molar-refractivity contribution in [3.05, 3.63) is 30.5 Å². The van der Waals surface area contributed by atoms with Crippen LogP contribution in [-0.4, -0.2) is 27.8 Å². The largest absolute Gasteiger partial charge is 0.481 e. The van der Waals surface area contributed by atoms with E-state index in [0.29, 0.717) is 12.4 Å². The monoisotopic (exact) mass is 271 g/mol. The number of carboxylic acid groups (broad SMARTS) is 1. The van der Waals surface area contributed by atoms with Crippen LogP contribution in [0.4, 0.5) is 5.82 Å². The van der Waals surface area contributed by atoms with E-state index in [1.165, 1.54) is 0 Å². The molecule has 1 heterocycles. The van der Waals surface area contributed by atoms with E-state index in [9.17, 15) is 9.90 Å². The van der Waals surface area contributed by atoms with Gasteiger partial charge in [0.1, 0.15) is 0 Å². The van der Waals surface area contributed by atoms with Crippen LogP contribution in [0.1, 0.15) is 25.7 Å². The van der Waals surface area contributed by atoms with Gasteiger partial charge in [-0.05, 0) is 12.8 Å². The molecule has 3 rings (SSSR count). The van der Waals surface area contributed by atoms with Crippen LogP contribution >= 0.6 is 0 Å². The van der Waals surface area contributed by atoms with E-state index in [1.807, 2.05) is 24.3 Å². The molecular formula is C15H17N3O2. The van der Waals surface area contributed by atoms with Gasteiger partial charge in [0.15, 0.2) is 5.82 Å². The van der Waals surface area contributed by atoms with E-state index in [1.54, 1.807) is 6.20 Å². The highest BCUT2D eigenvalue weighted by molar-refractivity contribution is 5.91. The molecule has 2 aromatic rings. The quantitative estimate of drug-likeness (QED) is 0.894. The molecule has 0 unspecified atom stereocenters. The molecule has 2 N–H and O–H groups in total. The van der Waals surface area contributed by atoms with Crippen molar-refractivity contribution >= 4 is 22.6 Å². The van der Waals surface area contributed by atoms with Crippen LogP contribution in [0, 0.1) is 5.41 Å². The third kappa shape index (κ3) is 2.19. The van der Waals surface area contributed by atoms with Crippen LogP contribution in [0.3, 0.4) is 0 Å². The number of aromatic nitrogens is 2. The lowest BCUT2D eigenvalue weighted by atomic mass is 9.86. The lowest BCUT2D eigenvalue weighted by Gasteiger charge is -2.24. The number of benzene rings is 1. The van der Waals surface area contributed by atoms with Gasteiger partial charge in [0, 0.05) is 17.3 Å². The Bertz CT molecular complexity index is 631. The Balaban J connectivity index is 1.85. The maximum absolute atomic E-state index is 11.5. The van der Waals surface area contributed by atoms with E-state index < -0.39 is 11.4 Å². The second-order valence-corrected chi connectivity index (χ2v) is 5.43. The molecular weight excluding hydrogens is 254 g/mol. The Morgan fingerprint density at radius 3 is 2.80 bits per heavy atom. The first-order valence-electron chi connectivity index (χ1n) is 6.89. The van der Waals surface area contributed by atoms with Gasteiger partial charge in [-0.2, -0.15) is 5.10 Å². The van der Waals surface area contributed by atoms with Gasteiger partial charge in [-0.15, -0.1) is 5.10 Å². The summed E-state index contributed by atoms with van der Waals surface area (Å²) in [5, 5.41) is 22.7. The topological polar surface area (TPSA) is 75.1 Å². The van der Waals surface area contributed by atoms with Crippen molar-refractivity contribution in [2.45, 2.75) is 25.7 Å². The molecule has 0 radical (unpaired) electrons. The molecule has 0 aliphatic heterocycles. The summed E-state index contributed by atoms with van der Waals surface area (Å²) in [6.45, 7) is 0.408. The van der Waals surface area contributed by atoms with E-state index in [4.69, 9.17) is 0 Å². The molecule has 1 aliphatic rings. The van der Waals surface area contributed by atoms with Gasteiger partial charge in [0.2, 0.25) is 0 Å². The molecule has 1 aromatic carbocycles. The number of fused-ring (bicyclic) bond motifs is 1. The SMILES string of the molecule is O=C(O)C1(CNc2nncc3ccccc23)CCCC1. The van der Waals surface area contributed by atoms with E-state index in [0.717, 1.165) is 36.5 Å². The number of carboxylic acids is 1. The summed E-state index contributed by atoms with van der Waals surface area (Å²) >= 11 is 0. The zero-order chi connectivity index (χ0) is 14.0. The molecule has 0 atom stereocenters. The molecule has 0 bridgehead atoms. The number of aliphatic carboxylic acids is 1. The maximum Gasteiger partial charge on any atom is 0.311 e. The lowest BCUT2D eigenvalue weighted by Crippen LogP contribution is -2.35. The Kier molecular flexibility index (Phi) is 3.26. The molecule has 1 aliphatic carbocycles. The van der Waals surface area contributed by atoms with Gasteiger partial charge in [0.25, 0.3) is 0 Å². The summed E-state index contributed by atoms with van der Waals surface area (Å²) in [6.07, 6.45) is 5.13. The summed E-state index contributed by atoms with van der Waals surface area (Å²) < 4.78 is 0. The number of anilines is 1. The first-order chi connectivity index (χ1) is 9.71. The van der Waals surface area contributed by atoms with Crippen molar-refractivity contribution in [2.75, 3.05) is 11.9 Å². The molecule has 20 heavy (non-hydrogen) atoms.